The summed E-state index contributed by atoms with van der Waals surface area (Å²) in [6.07, 6.45) is 10.3. The molecule has 15 nitrogen and oxygen atoms in total. The number of carbonyl (C=O) groups excluding carboxylic acids is 1. The van der Waals surface area contributed by atoms with Crippen molar-refractivity contribution in [2.45, 2.75) is 32.4 Å². The number of nitrogens with one attached hydrogen (secondary N) is 2. The van der Waals surface area contributed by atoms with Crippen molar-refractivity contribution in [1.82, 2.24) is 14.9 Å². The number of nitrogens with zero attached hydrogens (tertiary/aromatic N) is 4. The van der Waals surface area contributed by atoms with Gasteiger partial charge in [0.15, 0.2) is 0 Å². The minimum atomic E-state index is -3.67. The molecule has 0 aliphatic carbocycles. The van der Waals surface area contributed by atoms with Gasteiger partial charge < -0.3 is 20.1 Å². The van der Waals surface area contributed by atoms with Crippen LogP contribution in [0.25, 0.3) is 10.9 Å². The lowest BCUT2D eigenvalue weighted by Crippen LogP contribution is -2.23. The molecule has 0 bridgehead atoms. The van der Waals surface area contributed by atoms with Gasteiger partial charge in [0.2, 0.25) is 5.91 Å². The molecule has 2 aromatic carbocycles. The number of fused-ring (bicyclic) bond motifs is 1. The fourth-order valence-electron chi connectivity index (χ4n) is 4.84. The van der Waals surface area contributed by atoms with Crippen molar-refractivity contribution in [2.24, 2.45) is 0 Å². The summed E-state index contributed by atoms with van der Waals surface area (Å²) >= 11 is 6.54. The maximum atomic E-state index is 12.9. The van der Waals surface area contributed by atoms with E-state index in [0.717, 1.165) is 25.1 Å². The molecule has 1 amide bonds. The van der Waals surface area contributed by atoms with Gasteiger partial charge in [0.1, 0.15) is 24.2 Å². The minimum absolute atomic E-state index is 0.246. The largest absolute Gasteiger partial charge is 0.492 e. The number of anilines is 3. The summed E-state index contributed by atoms with van der Waals surface area (Å²) < 4.78 is 63.4. The highest BCUT2D eigenvalue weighted by molar-refractivity contribution is 7.85. The lowest BCUT2D eigenvalue weighted by Gasteiger charge is -2.17. The number of ether oxygens (including phenoxy) is 2. The lowest BCUT2D eigenvalue weighted by molar-refractivity contribution is -0.112. The van der Waals surface area contributed by atoms with Gasteiger partial charge in [0.25, 0.3) is 20.2 Å². The van der Waals surface area contributed by atoms with E-state index in [2.05, 4.69) is 38.6 Å². The van der Waals surface area contributed by atoms with Crippen LogP contribution in [0.1, 0.15) is 31.0 Å². The monoisotopic (exact) mass is 774 g/mol. The maximum Gasteiger partial charge on any atom is 0.261 e. The van der Waals surface area contributed by atoms with E-state index < -0.39 is 20.2 Å². The smallest absolute Gasteiger partial charge is 0.261 e. The summed E-state index contributed by atoms with van der Waals surface area (Å²) in [4.78, 5) is 23.9. The molecule has 1 atom stereocenters. The van der Waals surface area contributed by atoms with Crippen LogP contribution in [-0.2, 0) is 31.6 Å². The highest BCUT2D eigenvalue weighted by atomic mass is 35.5. The average Bonchev–Trinajstić information content (AvgIpc) is 3.47. The van der Waals surface area contributed by atoms with Gasteiger partial charge in [0, 0.05) is 41.7 Å². The third kappa shape index (κ3) is 14.4. The topological polar surface area (TPSA) is 221 Å². The second-order valence-electron chi connectivity index (χ2n) is 11.3. The number of amides is 1. The Morgan fingerprint density at radius 3 is 2.37 bits per heavy atom. The number of likely N-dealkylation sites (N-methyl/N-ethyl adjacent to an activating group) is 1. The molecule has 4 aromatic rings. The summed E-state index contributed by atoms with van der Waals surface area (Å²) in [6, 6.07) is 16.9. The van der Waals surface area contributed by atoms with Crippen molar-refractivity contribution >= 4 is 65.7 Å². The number of carbonyl (C=O) groups is 1. The average molecular weight is 775 g/mol. The molecule has 0 radical (unpaired) electrons. The van der Waals surface area contributed by atoms with Crippen LogP contribution in [-0.4, -0.2) is 85.5 Å². The summed E-state index contributed by atoms with van der Waals surface area (Å²) in [5.41, 5.74) is 3.38. The van der Waals surface area contributed by atoms with Gasteiger partial charge in [-0.1, -0.05) is 23.7 Å². The first-order chi connectivity index (χ1) is 24.4. The molecule has 4 N–H and O–H groups in total. The highest BCUT2D eigenvalue weighted by Crippen LogP contribution is 2.37. The van der Waals surface area contributed by atoms with Crippen LogP contribution in [0.4, 0.5) is 17.1 Å². The lowest BCUT2D eigenvalue weighted by atomic mass is 10.1. The number of likely N-dealkylation sites (tertiary alicyclic amines) is 1. The van der Waals surface area contributed by atoms with E-state index in [9.17, 15) is 26.9 Å². The normalized spacial score (nSPS) is 14.4. The number of rotatable bonds is 10. The first kappa shape index (κ1) is 41.6. The van der Waals surface area contributed by atoms with Crippen molar-refractivity contribution in [3.8, 4) is 17.6 Å². The highest BCUT2D eigenvalue weighted by Gasteiger charge is 2.19. The predicted octanol–water partition coefficient (Wildman–Crippen LogP) is 5.47. The van der Waals surface area contributed by atoms with Gasteiger partial charge in [-0.05, 0) is 69.8 Å². The number of hydrogen-bond donors (Lipinski definition) is 4. The Morgan fingerprint density at radius 2 is 1.79 bits per heavy atom. The van der Waals surface area contributed by atoms with E-state index >= 15 is 0 Å². The number of pyridine rings is 2. The minimum Gasteiger partial charge on any atom is -0.492 e. The first-order valence-electron chi connectivity index (χ1n) is 15.6. The van der Waals surface area contributed by atoms with Gasteiger partial charge >= 0.3 is 0 Å². The summed E-state index contributed by atoms with van der Waals surface area (Å²) in [5, 5.41) is 17.2. The van der Waals surface area contributed by atoms with Crippen LogP contribution < -0.4 is 20.1 Å². The predicted molar refractivity (Wildman–Crippen MR) is 199 cm³/mol. The van der Waals surface area contributed by atoms with Crippen molar-refractivity contribution in [3.63, 3.8) is 0 Å². The standard InChI is InChI=1S/C32H31ClN6O3.2CH4O3S/c1-3-41-30-17-27-25(16-28(30)38-31(40)12-10-24-8-6-14-39(24)2)32(21(18-34)19-36-27)37-22-9-11-29(26(33)15-22)42-20-23-7-4-5-13-35-23;2*1-5(2,3)4/h4-5,7,9-13,15-17,19,24H,3,6,8,14,20H2,1-2H3,(H,36,37)(H,38,40);2*1H3,(H,2,3,4)/t24-;;/m1../s1. The van der Waals surface area contributed by atoms with Crippen LogP contribution in [0.3, 0.4) is 0 Å². The van der Waals surface area contributed by atoms with Crippen molar-refractivity contribution in [2.75, 3.05) is 43.3 Å². The molecule has 1 fully saturated rings. The molecule has 1 aliphatic heterocycles. The Labute approximate surface area is 307 Å². The van der Waals surface area contributed by atoms with E-state index in [4.69, 9.17) is 30.2 Å². The summed E-state index contributed by atoms with van der Waals surface area (Å²) in [5.74, 6) is 0.740. The van der Waals surface area contributed by atoms with E-state index in [-0.39, 0.29) is 18.6 Å². The number of hydrogen-bond acceptors (Lipinski definition) is 12. The number of benzene rings is 2. The number of aromatic nitrogens is 2. The zero-order valence-corrected chi connectivity index (χ0v) is 31.2. The zero-order chi connectivity index (χ0) is 38.5. The molecule has 5 rings (SSSR count). The molecule has 0 spiro atoms. The number of halogens is 1. The Morgan fingerprint density at radius 1 is 1.08 bits per heavy atom. The molecule has 1 aliphatic rings. The zero-order valence-electron chi connectivity index (χ0n) is 28.8. The van der Waals surface area contributed by atoms with E-state index in [1.165, 1.54) is 6.20 Å². The van der Waals surface area contributed by atoms with Crippen LogP contribution in [0.5, 0.6) is 11.5 Å². The fraction of sp³-hybridized carbons (Fsp3) is 0.294. The molecule has 0 saturated carbocycles. The van der Waals surface area contributed by atoms with E-state index in [1.54, 1.807) is 36.5 Å². The summed E-state index contributed by atoms with van der Waals surface area (Å²) in [7, 11) is -5.28. The number of nitriles is 1. The Bertz CT molecular complexity index is 2100. The maximum absolute atomic E-state index is 12.9. The molecule has 1 saturated heterocycles. The Kier molecular flexibility index (Phi) is 15.3. The van der Waals surface area contributed by atoms with Gasteiger partial charge in [0.05, 0.1) is 52.3 Å². The van der Waals surface area contributed by atoms with Crippen LogP contribution in [0, 0.1) is 11.3 Å². The SMILES string of the molecule is CCOc1cc2ncc(C#N)c(Nc3ccc(OCc4ccccn4)c(Cl)c3)c2cc1NC(=O)C=C[C@H]1CCCN1C.CS(=O)(=O)O.CS(=O)(=O)O. The first-order valence-corrected chi connectivity index (χ1v) is 19.7. The molecule has 52 heavy (non-hydrogen) atoms. The second-order valence-corrected chi connectivity index (χ2v) is 14.7. The molecule has 2 aromatic heterocycles. The molecule has 0 unspecified atom stereocenters. The van der Waals surface area contributed by atoms with Crippen molar-refractivity contribution in [3.05, 3.63) is 89.4 Å². The molecule has 18 heteroatoms. The van der Waals surface area contributed by atoms with Crippen LogP contribution in [0.2, 0.25) is 5.02 Å². The quantitative estimate of drug-likeness (QED) is 0.116. The van der Waals surface area contributed by atoms with Gasteiger partial charge in [-0.3, -0.25) is 28.8 Å². The van der Waals surface area contributed by atoms with Crippen molar-refractivity contribution < 1.29 is 40.2 Å². The van der Waals surface area contributed by atoms with Crippen LogP contribution >= 0.6 is 11.6 Å². The third-order valence-electron chi connectivity index (χ3n) is 7.00. The Hall–Kier alpha value is -4.83. The summed E-state index contributed by atoms with van der Waals surface area (Å²) in [6.45, 7) is 3.58. The van der Waals surface area contributed by atoms with Gasteiger partial charge in [-0.15, -0.1) is 0 Å². The molecular formula is C34H39ClN6O9S2. The second kappa shape index (κ2) is 19.1. The molecule has 278 valence electrons. The van der Waals surface area contributed by atoms with Crippen LogP contribution in [0.15, 0.2) is 73.1 Å². The van der Waals surface area contributed by atoms with Crippen molar-refractivity contribution in [1.29, 1.82) is 5.26 Å². The molecular weight excluding hydrogens is 736 g/mol. The van der Waals surface area contributed by atoms with E-state index in [1.807, 2.05) is 37.3 Å². The van der Waals surface area contributed by atoms with E-state index in [0.29, 0.717) is 69.2 Å². The van der Waals surface area contributed by atoms with Gasteiger partial charge in [-0.25, -0.2) is 0 Å². The molecule has 3 heterocycles. The fourth-order valence-corrected chi connectivity index (χ4v) is 5.07. The van der Waals surface area contributed by atoms with Gasteiger partial charge in [-0.2, -0.15) is 22.1 Å². The third-order valence-corrected chi connectivity index (χ3v) is 7.29. The Balaban J connectivity index is 0.000000644.